The van der Waals surface area contributed by atoms with Crippen molar-refractivity contribution in [2.45, 2.75) is 31.3 Å². The molecule has 2 fully saturated rings. The zero-order chi connectivity index (χ0) is 11.7. The molecule has 1 aliphatic heterocycles. The largest absolute Gasteiger partial charge is 0.391 e. The van der Waals surface area contributed by atoms with Crippen LogP contribution in [0.15, 0.2) is 30.3 Å². The molecular formula is C15H21NO. The fourth-order valence-corrected chi connectivity index (χ4v) is 2.92. The minimum absolute atomic E-state index is 0.190. The highest BCUT2D eigenvalue weighted by Crippen LogP contribution is 2.33. The molecule has 1 heterocycles. The summed E-state index contributed by atoms with van der Waals surface area (Å²) in [6, 6.07) is 10.5. The lowest BCUT2D eigenvalue weighted by Gasteiger charge is -2.36. The van der Waals surface area contributed by atoms with E-state index in [1.54, 1.807) is 0 Å². The average Bonchev–Trinajstić information content (AvgIpc) is 3.14. The van der Waals surface area contributed by atoms with Gasteiger partial charge < -0.3 is 10.0 Å². The molecule has 92 valence electrons. The molecule has 1 aliphatic carbocycles. The van der Waals surface area contributed by atoms with Crippen LogP contribution in [-0.2, 0) is 0 Å². The molecule has 0 radical (unpaired) electrons. The van der Waals surface area contributed by atoms with Crippen molar-refractivity contribution < 1.29 is 5.11 Å². The first-order valence-corrected chi connectivity index (χ1v) is 6.78. The van der Waals surface area contributed by atoms with Crippen molar-refractivity contribution in [2.75, 3.05) is 19.6 Å². The van der Waals surface area contributed by atoms with Crippen molar-refractivity contribution >= 4 is 0 Å². The lowest BCUT2D eigenvalue weighted by molar-refractivity contribution is 0.0492. The van der Waals surface area contributed by atoms with E-state index in [9.17, 15) is 5.11 Å². The first-order chi connectivity index (χ1) is 8.33. The number of β-amino-alcohol motifs (C(OH)–C–C–N with tert-alkyl or cyclic N) is 1. The van der Waals surface area contributed by atoms with Crippen molar-refractivity contribution in [3.8, 4) is 0 Å². The molecule has 0 bridgehead atoms. The fraction of sp³-hybridized carbons (Fsp3) is 0.600. The maximum atomic E-state index is 10.3. The van der Waals surface area contributed by atoms with Crippen LogP contribution in [0.4, 0.5) is 0 Å². The van der Waals surface area contributed by atoms with E-state index < -0.39 is 0 Å². The van der Waals surface area contributed by atoms with Gasteiger partial charge in [0.2, 0.25) is 0 Å². The van der Waals surface area contributed by atoms with Crippen molar-refractivity contribution in [2.24, 2.45) is 5.92 Å². The number of benzene rings is 1. The van der Waals surface area contributed by atoms with Crippen LogP contribution in [0.25, 0.3) is 0 Å². The van der Waals surface area contributed by atoms with Crippen LogP contribution < -0.4 is 0 Å². The van der Waals surface area contributed by atoms with Gasteiger partial charge in [-0.2, -0.15) is 0 Å². The van der Waals surface area contributed by atoms with E-state index in [4.69, 9.17) is 0 Å². The molecule has 1 aromatic rings. The highest BCUT2D eigenvalue weighted by atomic mass is 16.3. The number of nitrogens with zero attached hydrogens (tertiary/aromatic N) is 1. The third-order valence-electron chi connectivity index (χ3n) is 4.11. The first kappa shape index (κ1) is 11.2. The highest BCUT2D eigenvalue weighted by molar-refractivity contribution is 5.21. The highest BCUT2D eigenvalue weighted by Gasteiger charge is 2.31. The van der Waals surface area contributed by atoms with Gasteiger partial charge in [0.1, 0.15) is 0 Å². The molecule has 2 aliphatic rings. The second kappa shape index (κ2) is 4.79. The Morgan fingerprint density at radius 2 is 1.88 bits per heavy atom. The molecule has 17 heavy (non-hydrogen) atoms. The van der Waals surface area contributed by atoms with E-state index in [-0.39, 0.29) is 6.10 Å². The monoisotopic (exact) mass is 231 g/mol. The van der Waals surface area contributed by atoms with E-state index in [0.29, 0.717) is 5.92 Å². The zero-order valence-electron chi connectivity index (χ0n) is 10.3. The van der Waals surface area contributed by atoms with Gasteiger partial charge in [-0.25, -0.2) is 0 Å². The van der Waals surface area contributed by atoms with E-state index in [1.807, 2.05) is 6.07 Å². The molecule has 1 aromatic carbocycles. The SMILES string of the molecule is OC1CN(CC2CC2)CCC1c1ccccc1. The molecule has 2 unspecified atom stereocenters. The van der Waals surface area contributed by atoms with Gasteiger partial charge in [-0.1, -0.05) is 30.3 Å². The lowest BCUT2D eigenvalue weighted by Crippen LogP contribution is -2.43. The number of hydrogen-bond donors (Lipinski definition) is 1. The number of hydrogen-bond acceptors (Lipinski definition) is 2. The summed E-state index contributed by atoms with van der Waals surface area (Å²) in [5.74, 6) is 1.27. The minimum atomic E-state index is -0.190. The third kappa shape index (κ3) is 2.70. The van der Waals surface area contributed by atoms with E-state index in [0.717, 1.165) is 25.4 Å². The molecule has 0 spiro atoms. The fourth-order valence-electron chi connectivity index (χ4n) is 2.92. The lowest BCUT2D eigenvalue weighted by atomic mass is 9.87. The summed E-state index contributed by atoms with van der Waals surface area (Å²) in [5, 5.41) is 10.3. The molecule has 1 saturated carbocycles. The molecule has 2 nitrogen and oxygen atoms in total. The van der Waals surface area contributed by atoms with Gasteiger partial charge in [0, 0.05) is 19.0 Å². The number of aliphatic hydroxyl groups excluding tert-OH is 1. The first-order valence-electron chi connectivity index (χ1n) is 6.78. The van der Waals surface area contributed by atoms with Crippen LogP contribution in [0, 0.1) is 5.92 Å². The summed E-state index contributed by atoms with van der Waals surface area (Å²) in [6.07, 6.45) is 3.70. The van der Waals surface area contributed by atoms with E-state index >= 15 is 0 Å². The Labute approximate surface area is 103 Å². The van der Waals surface area contributed by atoms with Crippen LogP contribution in [0.1, 0.15) is 30.7 Å². The number of rotatable bonds is 3. The Balaban J connectivity index is 1.61. The second-order valence-electron chi connectivity index (χ2n) is 5.58. The molecule has 1 N–H and O–H groups in total. The second-order valence-corrected chi connectivity index (χ2v) is 5.58. The predicted octanol–water partition coefficient (Wildman–Crippen LogP) is 2.25. The summed E-state index contributed by atoms with van der Waals surface area (Å²) >= 11 is 0. The molecule has 0 amide bonds. The van der Waals surface area contributed by atoms with Gasteiger partial charge in [0.15, 0.2) is 0 Å². The Bertz CT molecular complexity index is 360. The number of piperidine rings is 1. The maximum Gasteiger partial charge on any atom is 0.0735 e. The Morgan fingerprint density at radius 3 is 2.53 bits per heavy atom. The average molecular weight is 231 g/mol. The molecule has 2 heteroatoms. The van der Waals surface area contributed by atoms with E-state index in [1.165, 1.54) is 24.9 Å². The van der Waals surface area contributed by atoms with Crippen LogP contribution in [0.2, 0.25) is 0 Å². The van der Waals surface area contributed by atoms with Crippen molar-refractivity contribution in [3.63, 3.8) is 0 Å². The van der Waals surface area contributed by atoms with Gasteiger partial charge in [0.25, 0.3) is 0 Å². The topological polar surface area (TPSA) is 23.5 Å². The minimum Gasteiger partial charge on any atom is -0.391 e. The summed E-state index contributed by atoms with van der Waals surface area (Å²) in [7, 11) is 0. The smallest absolute Gasteiger partial charge is 0.0735 e. The molecule has 1 saturated heterocycles. The standard InChI is InChI=1S/C15H21NO/c17-15-11-16(10-12-6-7-12)9-8-14(15)13-4-2-1-3-5-13/h1-5,12,14-15,17H,6-11H2. The van der Waals surface area contributed by atoms with Crippen molar-refractivity contribution in [1.82, 2.24) is 4.90 Å². The Kier molecular flexibility index (Phi) is 3.17. The molecular weight excluding hydrogens is 210 g/mol. The van der Waals surface area contributed by atoms with Crippen molar-refractivity contribution in [1.29, 1.82) is 0 Å². The van der Waals surface area contributed by atoms with Crippen LogP contribution in [-0.4, -0.2) is 35.7 Å². The Hall–Kier alpha value is -0.860. The summed E-state index contributed by atoms with van der Waals surface area (Å²) < 4.78 is 0. The molecule has 2 atom stereocenters. The molecule has 0 aromatic heterocycles. The van der Waals surface area contributed by atoms with Crippen LogP contribution in [0.5, 0.6) is 0 Å². The van der Waals surface area contributed by atoms with E-state index in [2.05, 4.69) is 29.2 Å². The summed E-state index contributed by atoms with van der Waals surface area (Å²) in [5.41, 5.74) is 1.30. The summed E-state index contributed by atoms with van der Waals surface area (Å²) in [4.78, 5) is 2.45. The number of aliphatic hydroxyl groups is 1. The van der Waals surface area contributed by atoms with Crippen molar-refractivity contribution in [3.05, 3.63) is 35.9 Å². The van der Waals surface area contributed by atoms with Gasteiger partial charge >= 0.3 is 0 Å². The predicted molar refractivity (Wildman–Crippen MR) is 69.0 cm³/mol. The Morgan fingerprint density at radius 1 is 1.12 bits per heavy atom. The third-order valence-corrected chi connectivity index (χ3v) is 4.11. The van der Waals surface area contributed by atoms with Gasteiger partial charge in [-0.15, -0.1) is 0 Å². The quantitative estimate of drug-likeness (QED) is 0.862. The number of likely N-dealkylation sites (tertiary alicyclic amines) is 1. The van der Waals surface area contributed by atoms with Gasteiger partial charge in [0.05, 0.1) is 6.10 Å². The maximum absolute atomic E-state index is 10.3. The summed E-state index contributed by atoms with van der Waals surface area (Å²) in [6.45, 7) is 3.21. The van der Waals surface area contributed by atoms with Gasteiger partial charge in [-0.05, 0) is 37.3 Å². The van der Waals surface area contributed by atoms with Crippen LogP contribution in [0.3, 0.4) is 0 Å². The normalized spacial score (nSPS) is 30.4. The van der Waals surface area contributed by atoms with Crippen LogP contribution >= 0.6 is 0 Å². The van der Waals surface area contributed by atoms with Gasteiger partial charge in [-0.3, -0.25) is 0 Å². The zero-order valence-corrected chi connectivity index (χ0v) is 10.3. The molecule has 3 rings (SSSR count).